The molecular formula is C23H30ClFN7O7P. The lowest BCUT2D eigenvalue weighted by molar-refractivity contribution is -0.144. The third-order valence-electron chi connectivity index (χ3n) is 6.06. The molecule has 0 radical (unpaired) electrons. The number of aliphatic hydroxyl groups excluding tert-OH is 1. The van der Waals surface area contributed by atoms with Crippen LogP contribution in [0.15, 0.2) is 36.7 Å². The Balaban J connectivity index is 1.59. The first-order valence-corrected chi connectivity index (χ1v) is 14.2. The number of alkyl halides is 2. The number of imidazole rings is 1. The molecule has 6 atom stereocenters. The number of halogens is 2. The van der Waals surface area contributed by atoms with Crippen LogP contribution in [0.4, 0.5) is 16.2 Å². The zero-order chi connectivity index (χ0) is 29.1. The summed E-state index contributed by atoms with van der Waals surface area (Å²) in [5, 5.41) is 16.4. The van der Waals surface area contributed by atoms with Gasteiger partial charge >= 0.3 is 13.7 Å². The van der Waals surface area contributed by atoms with Crippen LogP contribution in [0.3, 0.4) is 0 Å². The van der Waals surface area contributed by atoms with Gasteiger partial charge in [0.25, 0.3) is 0 Å². The summed E-state index contributed by atoms with van der Waals surface area (Å²) in [4.78, 5) is 22.7. The van der Waals surface area contributed by atoms with Crippen molar-refractivity contribution in [1.29, 1.82) is 0 Å². The van der Waals surface area contributed by atoms with E-state index < -0.39 is 56.3 Å². The van der Waals surface area contributed by atoms with Crippen molar-refractivity contribution in [1.82, 2.24) is 24.6 Å². The summed E-state index contributed by atoms with van der Waals surface area (Å²) in [5.74, 6) is -0.274. The van der Waals surface area contributed by atoms with Gasteiger partial charge in [-0.15, -0.1) is 11.6 Å². The molecule has 4 rings (SSSR count). The summed E-state index contributed by atoms with van der Waals surface area (Å²) >= 11 is 6.59. The van der Waals surface area contributed by atoms with E-state index in [1.54, 1.807) is 32.2 Å². The molecule has 17 heteroatoms. The van der Waals surface area contributed by atoms with E-state index in [0.717, 1.165) is 0 Å². The maximum atomic E-state index is 14.4. The topological polar surface area (TPSA) is 185 Å². The standard InChI is InChI=1S/C23H30ClFN7O7P/c1-4-36-20(34)13(2)31-40(35,39-14-8-6-5-7-9-14)37-10-15-17(33)23(24,11-25)21(38-15)32-12-28-16-18(27-3)29-22(26)30-19(16)32/h5-9,12-13,15,17,21,33H,4,10-11H2,1-3H3,(H,31,35)(H3,26,27,29,30)/t13?,15-,17-,21-,23-,40+/m1/s1. The van der Waals surface area contributed by atoms with Crippen molar-refractivity contribution >= 4 is 48.2 Å². The quantitative estimate of drug-likeness (QED) is 0.135. The van der Waals surface area contributed by atoms with E-state index >= 15 is 0 Å². The largest absolute Gasteiger partial charge is 0.465 e. The number of aliphatic hydroxyl groups is 1. The number of esters is 1. The lowest BCUT2D eigenvalue weighted by Gasteiger charge is -2.27. The first-order valence-electron chi connectivity index (χ1n) is 12.2. The third kappa shape index (κ3) is 5.99. The Bertz CT molecular complexity index is 1390. The van der Waals surface area contributed by atoms with E-state index in [4.69, 9.17) is 35.9 Å². The molecule has 218 valence electrons. The molecule has 0 saturated carbocycles. The summed E-state index contributed by atoms with van der Waals surface area (Å²) in [6.45, 7) is 1.37. The van der Waals surface area contributed by atoms with Crippen LogP contribution in [0.1, 0.15) is 20.1 Å². The molecule has 0 aliphatic carbocycles. The minimum Gasteiger partial charge on any atom is -0.465 e. The van der Waals surface area contributed by atoms with Gasteiger partial charge < -0.3 is 30.2 Å². The Morgan fingerprint density at radius 1 is 1.38 bits per heavy atom. The van der Waals surface area contributed by atoms with Crippen LogP contribution >= 0.6 is 19.3 Å². The molecule has 40 heavy (non-hydrogen) atoms. The van der Waals surface area contributed by atoms with Crippen LogP contribution in [0, 0.1) is 0 Å². The molecule has 2 aromatic heterocycles. The van der Waals surface area contributed by atoms with Gasteiger partial charge in [-0.25, -0.2) is 13.9 Å². The minimum absolute atomic E-state index is 0.0850. The highest BCUT2D eigenvalue weighted by atomic mass is 35.5. The molecule has 1 aromatic carbocycles. The number of nitrogens with one attached hydrogen (secondary N) is 2. The lowest BCUT2D eigenvalue weighted by atomic mass is 10.0. The van der Waals surface area contributed by atoms with E-state index in [2.05, 4.69) is 25.4 Å². The van der Waals surface area contributed by atoms with Crippen LogP contribution in [-0.4, -0.2) is 80.7 Å². The average molecular weight is 602 g/mol. The monoisotopic (exact) mass is 601 g/mol. The molecule has 1 aliphatic heterocycles. The number of para-hydroxylation sites is 1. The Labute approximate surface area is 233 Å². The summed E-state index contributed by atoms with van der Waals surface area (Å²) in [6.07, 6.45) is -2.95. The zero-order valence-electron chi connectivity index (χ0n) is 21.9. The molecule has 1 aliphatic rings. The van der Waals surface area contributed by atoms with Crippen LogP contribution in [-0.2, 0) is 23.4 Å². The van der Waals surface area contributed by atoms with E-state index in [9.17, 15) is 18.9 Å². The predicted molar refractivity (Wildman–Crippen MR) is 144 cm³/mol. The molecular weight excluding hydrogens is 572 g/mol. The molecule has 1 saturated heterocycles. The first-order chi connectivity index (χ1) is 19.0. The maximum Gasteiger partial charge on any atom is 0.459 e. The van der Waals surface area contributed by atoms with E-state index in [0.29, 0.717) is 11.3 Å². The number of ether oxygens (including phenoxy) is 2. The Morgan fingerprint density at radius 2 is 2.10 bits per heavy atom. The molecule has 0 amide bonds. The number of anilines is 2. The second-order valence-corrected chi connectivity index (χ2v) is 11.2. The van der Waals surface area contributed by atoms with Crippen molar-refractivity contribution < 1.29 is 37.4 Å². The number of fused-ring (bicyclic) bond motifs is 1. The number of nitrogens with two attached hydrogens (primary N) is 1. The normalized spacial score (nSPS) is 24.9. The highest BCUT2D eigenvalue weighted by Gasteiger charge is 2.57. The second kappa shape index (κ2) is 12.2. The summed E-state index contributed by atoms with van der Waals surface area (Å²) in [5.41, 5.74) is 6.30. The van der Waals surface area contributed by atoms with Crippen molar-refractivity contribution in [3.63, 3.8) is 0 Å². The van der Waals surface area contributed by atoms with Gasteiger partial charge in [-0.2, -0.15) is 15.1 Å². The van der Waals surface area contributed by atoms with Gasteiger partial charge in [0.2, 0.25) is 5.95 Å². The van der Waals surface area contributed by atoms with Crippen molar-refractivity contribution in [3.8, 4) is 5.75 Å². The van der Waals surface area contributed by atoms with Gasteiger partial charge in [-0.05, 0) is 26.0 Å². The molecule has 1 fully saturated rings. The molecule has 1 unspecified atom stereocenters. The fraction of sp³-hybridized carbons (Fsp3) is 0.478. The molecule has 14 nitrogen and oxygen atoms in total. The van der Waals surface area contributed by atoms with Crippen molar-refractivity contribution in [2.45, 2.75) is 43.2 Å². The summed E-state index contributed by atoms with van der Waals surface area (Å²) < 4.78 is 51.6. The number of nitrogens with zero attached hydrogens (tertiary/aromatic N) is 4. The van der Waals surface area contributed by atoms with E-state index in [-0.39, 0.29) is 24.0 Å². The molecule has 3 heterocycles. The molecule has 0 spiro atoms. The van der Waals surface area contributed by atoms with Gasteiger partial charge in [0.15, 0.2) is 23.2 Å². The summed E-state index contributed by atoms with van der Waals surface area (Å²) in [6, 6.07) is 7.01. The number of carbonyl (C=O) groups is 1. The third-order valence-corrected chi connectivity index (χ3v) is 8.22. The van der Waals surface area contributed by atoms with E-state index in [1.165, 1.54) is 30.0 Å². The van der Waals surface area contributed by atoms with Crippen LogP contribution in [0.2, 0.25) is 0 Å². The van der Waals surface area contributed by atoms with Crippen LogP contribution < -0.4 is 20.7 Å². The number of hydrogen-bond donors (Lipinski definition) is 4. The first kappa shape index (κ1) is 29.9. The van der Waals surface area contributed by atoms with Crippen molar-refractivity contribution in [3.05, 3.63) is 36.7 Å². The van der Waals surface area contributed by atoms with E-state index in [1.807, 2.05) is 0 Å². The molecule has 0 bridgehead atoms. The number of benzene rings is 1. The van der Waals surface area contributed by atoms with Crippen molar-refractivity contribution in [2.75, 3.05) is 38.0 Å². The number of rotatable bonds is 12. The number of carbonyl (C=O) groups excluding carboxylic acids is 1. The van der Waals surface area contributed by atoms with Crippen molar-refractivity contribution in [2.24, 2.45) is 0 Å². The fourth-order valence-corrected chi connectivity index (χ4v) is 5.90. The van der Waals surface area contributed by atoms with Gasteiger partial charge in [-0.3, -0.25) is 13.9 Å². The number of hydrogen-bond acceptors (Lipinski definition) is 12. The second-order valence-electron chi connectivity index (χ2n) is 8.84. The predicted octanol–water partition coefficient (Wildman–Crippen LogP) is 2.40. The van der Waals surface area contributed by atoms with Gasteiger partial charge in [-0.1, -0.05) is 18.2 Å². The highest BCUT2D eigenvalue weighted by Crippen LogP contribution is 2.49. The summed E-state index contributed by atoms with van der Waals surface area (Å²) in [7, 11) is -2.67. The SMILES string of the molecule is CCOC(=O)C(C)N[P@](=O)(OC[C@H]1O[C@@H](n2cnc3c(NC)nc(N)nc32)[C@@](Cl)(CF)[C@@H]1O)Oc1ccccc1. The van der Waals surface area contributed by atoms with Crippen LogP contribution in [0.5, 0.6) is 5.75 Å². The zero-order valence-corrected chi connectivity index (χ0v) is 23.5. The molecule has 5 N–H and O–H groups in total. The maximum absolute atomic E-state index is 14.4. The average Bonchev–Trinajstić information content (AvgIpc) is 3.46. The fourth-order valence-electron chi connectivity index (χ4n) is 4.10. The lowest BCUT2D eigenvalue weighted by Crippen LogP contribution is -2.44. The van der Waals surface area contributed by atoms with Gasteiger partial charge in [0, 0.05) is 7.05 Å². The Hall–Kier alpha value is -3.07. The Kier molecular flexibility index (Phi) is 9.12. The smallest absolute Gasteiger partial charge is 0.459 e. The number of nitrogen functional groups attached to an aromatic ring is 1. The highest BCUT2D eigenvalue weighted by molar-refractivity contribution is 7.52. The minimum atomic E-state index is -4.28. The Morgan fingerprint density at radius 3 is 2.75 bits per heavy atom. The van der Waals surface area contributed by atoms with Gasteiger partial charge in [0.1, 0.15) is 35.5 Å². The number of aromatic nitrogens is 4. The van der Waals surface area contributed by atoms with Gasteiger partial charge in [0.05, 0.1) is 19.5 Å². The molecule has 3 aromatic rings. The van der Waals surface area contributed by atoms with Crippen LogP contribution in [0.25, 0.3) is 11.2 Å².